The van der Waals surface area contributed by atoms with Gasteiger partial charge in [0.15, 0.2) is 0 Å². The Morgan fingerprint density at radius 1 is 1.39 bits per heavy atom. The summed E-state index contributed by atoms with van der Waals surface area (Å²) in [6.07, 6.45) is 0. The van der Waals surface area contributed by atoms with E-state index >= 15 is 0 Å². The third-order valence-electron chi connectivity index (χ3n) is 2.90. The van der Waals surface area contributed by atoms with Gasteiger partial charge in [-0.05, 0) is 64.1 Å². The Bertz CT molecular complexity index is 538. The molecule has 4 heteroatoms. The second-order valence-corrected chi connectivity index (χ2v) is 6.07. The smallest absolute Gasteiger partial charge is 0.137 e. The molecular weight excluding hydrogens is 313 g/mol. The van der Waals surface area contributed by atoms with Gasteiger partial charge in [-0.1, -0.05) is 13.0 Å². The van der Waals surface area contributed by atoms with E-state index in [4.69, 9.17) is 0 Å². The molecule has 1 N–H and O–H groups in total. The molecule has 2 rings (SSSR count). The molecule has 0 aliphatic rings. The van der Waals surface area contributed by atoms with Crippen LogP contribution < -0.4 is 5.32 Å². The summed E-state index contributed by atoms with van der Waals surface area (Å²) in [6, 6.07) is 7.47. The summed E-state index contributed by atoms with van der Waals surface area (Å²) in [4.78, 5) is 1.27. The van der Waals surface area contributed by atoms with Gasteiger partial charge in [0.2, 0.25) is 0 Å². The van der Waals surface area contributed by atoms with E-state index in [1.54, 1.807) is 23.5 Å². The maximum atomic E-state index is 13.6. The van der Waals surface area contributed by atoms with Gasteiger partial charge < -0.3 is 5.32 Å². The van der Waals surface area contributed by atoms with Crippen LogP contribution in [0.5, 0.6) is 0 Å². The largest absolute Gasteiger partial charge is 0.306 e. The number of benzene rings is 1. The van der Waals surface area contributed by atoms with Gasteiger partial charge in [0.25, 0.3) is 0 Å². The Kier molecular flexibility index (Phi) is 4.54. The molecule has 0 saturated carbocycles. The van der Waals surface area contributed by atoms with Crippen molar-refractivity contribution in [2.45, 2.75) is 19.9 Å². The maximum absolute atomic E-state index is 13.6. The molecule has 0 aliphatic carbocycles. The van der Waals surface area contributed by atoms with Crippen LogP contribution in [0, 0.1) is 12.7 Å². The van der Waals surface area contributed by atoms with E-state index in [-0.39, 0.29) is 11.9 Å². The van der Waals surface area contributed by atoms with Crippen LogP contribution in [0.15, 0.2) is 34.1 Å². The van der Waals surface area contributed by atoms with Crippen LogP contribution in [-0.4, -0.2) is 6.54 Å². The molecule has 1 heterocycles. The zero-order valence-corrected chi connectivity index (χ0v) is 12.7. The van der Waals surface area contributed by atoms with E-state index < -0.39 is 0 Å². The highest BCUT2D eigenvalue weighted by molar-refractivity contribution is 9.10. The fourth-order valence-corrected chi connectivity index (χ4v) is 2.99. The normalized spacial score (nSPS) is 12.7. The highest BCUT2D eigenvalue weighted by atomic mass is 79.9. The summed E-state index contributed by atoms with van der Waals surface area (Å²) in [5.41, 5.74) is 2.18. The Morgan fingerprint density at radius 2 is 2.17 bits per heavy atom. The van der Waals surface area contributed by atoms with E-state index in [9.17, 15) is 4.39 Å². The van der Waals surface area contributed by atoms with Crippen LogP contribution in [0.2, 0.25) is 0 Å². The second-order valence-electron chi connectivity index (χ2n) is 4.10. The van der Waals surface area contributed by atoms with Gasteiger partial charge in [0.05, 0.1) is 10.5 Å². The van der Waals surface area contributed by atoms with Crippen molar-refractivity contribution in [1.82, 2.24) is 5.32 Å². The lowest BCUT2D eigenvalue weighted by atomic mass is 9.99. The molecule has 1 unspecified atom stereocenters. The highest BCUT2D eigenvalue weighted by Crippen LogP contribution is 2.29. The summed E-state index contributed by atoms with van der Waals surface area (Å²) in [6.45, 7) is 5.00. The topological polar surface area (TPSA) is 12.0 Å². The minimum atomic E-state index is -0.219. The third kappa shape index (κ3) is 2.82. The number of halogens is 2. The van der Waals surface area contributed by atoms with Crippen LogP contribution in [0.3, 0.4) is 0 Å². The summed E-state index contributed by atoms with van der Waals surface area (Å²) < 4.78 is 14.2. The maximum Gasteiger partial charge on any atom is 0.137 e. The van der Waals surface area contributed by atoms with Crippen molar-refractivity contribution in [2.75, 3.05) is 6.54 Å². The van der Waals surface area contributed by atoms with Crippen molar-refractivity contribution in [3.63, 3.8) is 0 Å². The quantitative estimate of drug-likeness (QED) is 0.861. The standard InChI is InChI=1S/C14H15BrFNS/c1-3-17-14(11-6-7-18-9(11)2)10-4-5-12(15)13(16)8-10/h4-8,14,17H,3H2,1-2H3. The van der Waals surface area contributed by atoms with Crippen molar-refractivity contribution in [2.24, 2.45) is 0 Å². The number of thiophene rings is 1. The molecule has 96 valence electrons. The molecule has 1 atom stereocenters. The first kappa shape index (κ1) is 13.7. The van der Waals surface area contributed by atoms with Crippen molar-refractivity contribution >= 4 is 27.3 Å². The first-order chi connectivity index (χ1) is 8.63. The zero-order chi connectivity index (χ0) is 13.1. The molecule has 0 bridgehead atoms. The number of hydrogen-bond acceptors (Lipinski definition) is 2. The molecule has 0 fully saturated rings. The average molecular weight is 328 g/mol. The van der Waals surface area contributed by atoms with Crippen LogP contribution in [-0.2, 0) is 0 Å². The summed E-state index contributed by atoms with van der Waals surface area (Å²) >= 11 is 4.90. The monoisotopic (exact) mass is 327 g/mol. The predicted molar refractivity (Wildman–Crippen MR) is 78.7 cm³/mol. The summed E-state index contributed by atoms with van der Waals surface area (Å²) in [7, 11) is 0. The lowest BCUT2D eigenvalue weighted by Gasteiger charge is -2.19. The molecule has 0 spiro atoms. The van der Waals surface area contributed by atoms with E-state index in [1.807, 2.05) is 6.07 Å². The Balaban J connectivity index is 2.41. The van der Waals surface area contributed by atoms with Gasteiger partial charge >= 0.3 is 0 Å². The Labute approximate surface area is 119 Å². The molecule has 18 heavy (non-hydrogen) atoms. The van der Waals surface area contributed by atoms with E-state index in [2.05, 4.69) is 46.5 Å². The number of aryl methyl sites for hydroxylation is 1. The highest BCUT2D eigenvalue weighted by Gasteiger charge is 2.17. The van der Waals surface area contributed by atoms with Gasteiger partial charge in [-0.2, -0.15) is 0 Å². The van der Waals surface area contributed by atoms with Gasteiger partial charge in [-0.3, -0.25) is 0 Å². The van der Waals surface area contributed by atoms with Gasteiger partial charge in [0.1, 0.15) is 5.82 Å². The van der Waals surface area contributed by atoms with Crippen molar-refractivity contribution in [3.05, 3.63) is 55.9 Å². The first-order valence-electron chi connectivity index (χ1n) is 5.85. The fourth-order valence-electron chi connectivity index (χ4n) is 2.00. The van der Waals surface area contributed by atoms with Crippen molar-refractivity contribution in [3.8, 4) is 0 Å². The predicted octanol–water partition coefficient (Wildman–Crippen LogP) is 4.66. The lowest BCUT2D eigenvalue weighted by Crippen LogP contribution is -2.22. The van der Waals surface area contributed by atoms with Crippen LogP contribution in [0.1, 0.15) is 29.0 Å². The van der Waals surface area contributed by atoms with Gasteiger partial charge in [0, 0.05) is 4.88 Å². The van der Waals surface area contributed by atoms with E-state index in [0.29, 0.717) is 4.47 Å². The minimum Gasteiger partial charge on any atom is -0.306 e. The van der Waals surface area contributed by atoms with E-state index in [0.717, 1.165) is 12.1 Å². The molecule has 0 saturated heterocycles. The van der Waals surface area contributed by atoms with Gasteiger partial charge in [-0.25, -0.2) is 4.39 Å². The summed E-state index contributed by atoms with van der Waals surface area (Å²) in [5, 5.41) is 5.49. The molecule has 0 radical (unpaired) electrons. The molecule has 1 aromatic carbocycles. The molecule has 2 aromatic rings. The first-order valence-corrected chi connectivity index (χ1v) is 7.53. The van der Waals surface area contributed by atoms with Crippen LogP contribution in [0.4, 0.5) is 4.39 Å². The third-order valence-corrected chi connectivity index (χ3v) is 4.40. The Morgan fingerprint density at radius 3 is 2.72 bits per heavy atom. The van der Waals surface area contributed by atoms with Crippen molar-refractivity contribution in [1.29, 1.82) is 0 Å². The summed E-state index contributed by atoms with van der Waals surface area (Å²) in [5.74, 6) is -0.219. The fraction of sp³-hybridized carbons (Fsp3) is 0.286. The van der Waals surface area contributed by atoms with Crippen molar-refractivity contribution < 1.29 is 4.39 Å². The minimum absolute atomic E-state index is 0.0591. The Hall–Kier alpha value is -0.710. The molecule has 0 aliphatic heterocycles. The molecule has 0 amide bonds. The molecule has 1 nitrogen and oxygen atoms in total. The number of hydrogen-bond donors (Lipinski definition) is 1. The number of nitrogens with one attached hydrogen (secondary N) is 1. The van der Waals surface area contributed by atoms with Gasteiger partial charge in [-0.15, -0.1) is 11.3 Å². The molecule has 1 aromatic heterocycles. The van der Waals surface area contributed by atoms with Crippen LogP contribution >= 0.6 is 27.3 Å². The second kappa shape index (κ2) is 5.95. The number of rotatable bonds is 4. The average Bonchev–Trinajstić information content (AvgIpc) is 2.76. The van der Waals surface area contributed by atoms with E-state index in [1.165, 1.54) is 10.4 Å². The zero-order valence-electron chi connectivity index (χ0n) is 10.3. The molecular formula is C14H15BrFNS. The lowest BCUT2D eigenvalue weighted by molar-refractivity contribution is 0.598. The SMILES string of the molecule is CCNC(c1ccc(Br)c(F)c1)c1ccsc1C. The van der Waals surface area contributed by atoms with Crippen LogP contribution in [0.25, 0.3) is 0 Å².